The molecule has 0 amide bonds. The normalized spacial score (nSPS) is 10.8. The van der Waals surface area contributed by atoms with E-state index in [0.29, 0.717) is 17.4 Å². The zero-order valence-electron chi connectivity index (χ0n) is 14.0. The van der Waals surface area contributed by atoms with Crippen LogP contribution in [0.5, 0.6) is 11.5 Å². The van der Waals surface area contributed by atoms with Crippen LogP contribution in [0.15, 0.2) is 48.8 Å². The maximum absolute atomic E-state index is 6.03. The molecule has 3 aromatic rings. The molecule has 0 aliphatic carbocycles. The fourth-order valence-corrected chi connectivity index (χ4v) is 2.41. The lowest BCUT2D eigenvalue weighted by atomic mass is 10.0. The van der Waals surface area contributed by atoms with E-state index in [2.05, 4.69) is 28.8 Å². The van der Waals surface area contributed by atoms with Gasteiger partial charge in [-0.25, -0.2) is 9.97 Å². The molecule has 0 saturated heterocycles. The third-order valence-corrected chi connectivity index (χ3v) is 3.71. The number of rotatable bonds is 4. The molecule has 5 nitrogen and oxygen atoms in total. The highest BCUT2D eigenvalue weighted by atomic mass is 16.5. The van der Waals surface area contributed by atoms with E-state index in [1.165, 1.54) is 0 Å². The number of anilines is 1. The van der Waals surface area contributed by atoms with Crippen LogP contribution in [0.2, 0.25) is 0 Å². The third-order valence-electron chi connectivity index (χ3n) is 3.71. The highest BCUT2D eigenvalue weighted by molar-refractivity contribution is 5.62. The van der Waals surface area contributed by atoms with Crippen molar-refractivity contribution >= 4 is 5.82 Å². The van der Waals surface area contributed by atoms with Crippen molar-refractivity contribution in [3.05, 3.63) is 60.2 Å². The summed E-state index contributed by atoms with van der Waals surface area (Å²) in [5.74, 6) is 2.38. The van der Waals surface area contributed by atoms with Crippen molar-refractivity contribution in [1.82, 2.24) is 15.0 Å². The Morgan fingerprint density at radius 3 is 2.42 bits per heavy atom. The first-order valence-corrected chi connectivity index (χ1v) is 7.87. The largest absolute Gasteiger partial charge is 0.451 e. The monoisotopic (exact) mass is 320 g/mol. The average molecular weight is 320 g/mol. The van der Waals surface area contributed by atoms with E-state index in [0.717, 1.165) is 22.6 Å². The Balaban J connectivity index is 2.03. The minimum atomic E-state index is 0.268. The molecule has 0 bridgehead atoms. The second kappa shape index (κ2) is 6.66. The first-order valence-electron chi connectivity index (χ1n) is 7.87. The molecule has 5 heteroatoms. The summed E-state index contributed by atoms with van der Waals surface area (Å²) < 4.78 is 6.03. The minimum absolute atomic E-state index is 0.268. The van der Waals surface area contributed by atoms with Crippen LogP contribution in [-0.2, 0) is 0 Å². The van der Waals surface area contributed by atoms with Gasteiger partial charge in [0.25, 0.3) is 0 Å². The smallest absolute Gasteiger partial charge is 0.187 e. The zero-order valence-corrected chi connectivity index (χ0v) is 14.0. The predicted molar refractivity (Wildman–Crippen MR) is 95.0 cm³/mol. The number of nitrogens with zero attached hydrogens (tertiary/aromatic N) is 3. The standard InChI is InChI=1S/C19H20N4O/c1-12(2)15-10-22-16(14-7-5-4-6-8-14)9-17(15)24-18-11-21-13(3)23-19(18)20/h4-12H,1-3H3,(H2,20,21,23). The van der Waals surface area contributed by atoms with Crippen LogP contribution in [0.4, 0.5) is 5.82 Å². The first kappa shape index (κ1) is 15.9. The molecule has 3 rings (SSSR count). The summed E-state index contributed by atoms with van der Waals surface area (Å²) in [6.07, 6.45) is 3.46. The molecular formula is C19H20N4O. The van der Waals surface area contributed by atoms with Gasteiger partial charge in [-0.15, -0.1) is 0 Å². The maximum Gasteiger partial charge on any atom is 0.187 e. The number of aromatic nitrogens is 3. The number of benzene rings is 1. The molecule has 0 radical (unpaired) electrons. The summed E-state index contributed by atoms with van der Waals surface area (Å²) in [7, 11) is 0. The van der Waals surface area contributed by atoms with Crippen LogP contribution >= 0.6 is 0 Å². The summed E-state index contributed by atoms with van der Waals surface area (Å²) in [5.41, 5.74) is 8.84. The minimum Gasteiger partial charge on any atom is -0.451 e. The van der Waals surface area contributed by atoms with E-state index in [-0.39, 0.29) is 5.92 Å². The van der Waals surface area contributed by atoms with Gasteiger partial charge in [0.2, 0.25) is 0 Å². The van der Waals surface area contributed by atoms with Gasteiger partial charge in [-0.1, -0.05) is 44.2 Å². The Morgan fingerprint density at radius 2 is 1.75 bits per heavy atom. The second-order valence-corrected chi connectivity index (χ2v) is 5.90. The summed E-state index contributed by atoms with van der Waals surface area (Å²) >= 11 is 0. The van der Waals surface area contributed by atoms with Crippen LogP contribution in [0.1, 0.15) is 31.2 Å². The molecule has 0 saturated carbocycles. The van der Waals surface area contributed by atoms with Gasteiger partial charge in [-0.3, -0.25) is 4.98 Å². The van der Waals surface area contributed by atoms with E-state index in [4.69, 9.17) is 10.5 Å². The molecule has 0 unspecified atom stereocenters. The van der Waals surface area contributed by atoms with Crippen molar-refractivity contribution in [3.63, 3.8) is 0 Å². The molecule has 0 spiro atoms. The number of ether oxygens (including phenoxy) is 1. The Hall–Kier alpha value is -2.95. The molecule has 24 heavy (non-hydrogen) atoms. The van der Waals surface area contributed by atoms with Crippen molar-refractivity contribution in [2.75, 3.05) is 5.73 Å². The number of nitrogens with two attached hydrogens (primary N) is 1. The van der Waals surface area contributed by atoms with E-state index < -0.39 is 0 Å². The van der Waals surface area contributed by atoms with E-state index in [1.807, 2.05) is 42.6 Å². The van der Waals surface area contributed by atoms with Crippen molar-refractivity contribution in [3.8, 4) is 22.8 Å². The van der Waals surface area contributed by atoms with Crippen molar-refractivity contribution < 1.29 is 4.74 Å². The van der Waals surface area contributed by atoms with Crippen LogP contribution in [0.3, 0.4) is 0 Å². The third kappa shape index (κ3) is 3.35. The number of hydrogen-bond donors (Lipinski definition) is 1. The highest BCUT2D eigenvalue weighted by Crippen LogP contribution is 2.34. The van der Waals surface area contributed by atoms with Gasteiger partial charge in [0, 0.05) is 23.4 Å². The van der Waals surface area contributed by atoms with Crippen LogP contribution in [0.25, 0.3) is 11.3 Å². The number of pyridine rings is 1. The average Bonchev–Trinajstić information content (AvgIpc) is 2.58. The molecule has 2 N–H and O–H groups in total. The quantitative estimate of drug-likeness (QED) is 0.774. The fourth-order valence-electron chi connectivity index (χ4n) is 2.41. The number of nitrogen functional groups attached to an aromatic ring is 1. The number of aryl methyl sites for hydroxylation is 1. The Bertz CT molecular complexity index is 847. The molecule has 2 aromatic heterocycles. The summed E-state index contributed by atoms with van der Waals surface area (Å²) in [6, 6.07) is 11.9. The second-order valence-electron chi connectivity index (χ2n) is 5.90. The summed E-state index contributed by atoms with van der Waals surface area (Å²) in [6.45, 7) is 5.99. The topological polar surface area (TPSA) is 73.9 Å². The predicted octanol–water partition coefficient (Wildman–Crippen LogP) is 4.34. The number of hydrogen-bond acceptors (Lipinski definition) is 5. The van der Waals surface area contributed by atoms with Crippen molar-refractivity contribution in [1.29, 1.82) is 0 Å². The molecule has 1 aromatic carbocycles. The van der Waals surface area contributed by atoms with Crippen molar-refractivity contribution in [2.45, 2.75) is 26.7 Å². The van der Waals surface area contributed by atoms with E-state index in [1.54, 1.807) is 13.1 Å². The van der Waals surface area contributed by atoms with Gasteiger partial charge >= 0.3 is 0 Å². The Morgan fingerprint density at radius 1 is 1.00 bits per heavy atom. The molecule has 122 valence electrons. The lowest BCUT2D eigenvalue weighted by Crippen LogP contribution is -2.02. The lowest BCUT2D eigenvalue weighted by Gasteiger charge is -2.15. The van der Waals surface area contributed by atoms with Crippen LogP contribution in [0, 0.1) is 6.92 Å². The molecule has 0 fully saturated rings. The Kier molecular flexibility index (Phi) is 4.42. The van der Waals surface area contributed by atoms with Gasteiger partial charge in [-0.05, 0) is 12.8 Å². The van der Waals surface area contributed by atoms with Crippen LogP contribution < -0.4 is 10.5 Å². The van der Waals surface area contributed by atoms with E-state index >= 15 is 0 Å². The molecular weight excluding hydrogens is 300 g/mol. The molecule has 2 heterocycles. The molecule has 0 aliphatic rings. The fraction of sp³-hybridized carbons (Fsp3) is 0.211. The van der Waals surface area contributed by atoms with E-state index in [9.17, 15) is 0 Å². The van der Waals surface area contributed by atoms with Gasteiger partial charge in [-0.2, -0.15) is 0 Å². The first-order chi connectivity index (χ1) is 11.5. The summed E-state index contributed by atoms with van der Waals surface area (Å²) in [4.78, 5) is 12.9. The zero-order chi connectivity index (χ0) is 17.1. The highest BCUT2D eigenvalue weighted by Gasteiger charge is 2.14. The lowest BCUT2D eigenvalue weighted by molar-refractivity contribution is 0.469. The Labute approximate surface area is 141 Å². The van der Waals surface area contributed by atoms with Gasteiger partial charge < -0.3 is 10.5 Å². The van der Waals surface area contributed by atoms with Gasteiger partial charge in [0.1, 0.15) is 11.6 Å². The molecule has 0 atom stereocenters. The molecule has 0 aliphatic heterocycles. The van der Waals surface area contributed by atoms with Gasteiger partial charge in [0.05, 0.1) is 11.9 Å². The van der Waals surface area contributed by atoms with Crippen LogP contribution in [-0.4, -0.2) is 15.0 Å². The van der Waals surface area contributed by atoms with Crippen molar-refractivity contribution in [2.24, 2.45) is 0 Å². The summed E-state index contributed by atoms with van der Waals surface area (Å²) in [5, 5.41) is 0. The maximum atomic E-state index is 6.03. The van der Waals surface area contributed by atoms with Gasteiger partial charge in [0.15, 0.2) is 11.6 Å². The SMILES string of the molecule is Cc1ncc(Oc2cc(-c3ccccc3)ncc2C(C)C)c(N)n1.